The number of ether oxygens (including phenoxy) is 1. The summed E-state index contributed by atoms with van der Waals surface area (Å²) in [4.78, 5) is 53.3. The van der Waals surface area contributed by atoms with Crippen molar-refractivity contribution in [2.24, 2.45) is 11.8 Å². The highest BCUT2D eigenvalue weighted by Gasteiger charge is 2.44. The number of halogens is 2. The maximum Gasteiger partial charge on any atom is 0.326 e. The zero-order chi connectivity index (χ0) is 22.1. The number of rotatable bonds is 4. The van der Waals surface area contributed by atoms with E-state index in [-0.39, 0.29) is 25.9 Å². The molecular formula is C22H18Cl2N2O5. The fraction of sp³-hybridized carbons (Fsp3) is 0.273. The van der Waals surface area contributed by atoms with Gasteiger partial charge in [0.1, 0.15) is 11.8 Å². The molecule has 2 aliphatic rings. The summed E-state index contributed by atoms with van der Waals surface area (Å²) in [6.45, 7) is 0.554. The second-order valence-corrected chi connectivity index (χ2v) is 8.12. The molecule has 0 saturated carbocycles. The third-order valence-corrected chi connectivity index (χ3v) is 6.11. The first kappa shape index (κ1) is 21.3. The molecule has 2 aliphatic heterocycles. The number of carbonyl (C=O) groups is 4. The van der Waals surface area contributed by atoms with Gasteiger partial charge in [-0.1, -0.05) is 47.5 Å². The Morgan fingerprint density at radius 1 is 0.742 bits per heavy atom. The van der Waals surface area contributed by atoms with Crippen LogP contribution in [0, 0.1) is 11.8 Å². The largest absolute Gasteiger partial charge is 0.392 e. The highest BCUT2D eigenvalue weighted by Crippen LogP contribution is 2.33. The number of anilines is 2. The lowest BCUT2D eigenvalue weighted by atomic mass is 10.1. The summed E-state index contributed by atoms with van der Waals surface area (Å²) in [5.74, 6) is -5.10. The lowest BCUT2D eigenvalue weighted by Gasteiger charge is -2.18. The van der Waals surface area contributed by atoms with Crippen LogP contribution in [-0.2, 0) is 23.9 Å². The van der Waals surface area contributed by atoms with Gasteiger partial charge in [0.15, 0.2) is 0 Å². The molecule has 2 aromatic carbocycles. The van der Waals surface area contributed by atoms with Crippen molar-refractivity contribution in [2.75, 3.05) is 22.9 Å². The van der Waals surface area contributed by atoms with E-state index in [2.05, 4.69) is 0 Å². The molecule has 9 heteroatoms. The van der Waals surface area contributed by atoms with E-state index in [0.29, 0.717) is 21.4 Å². The zero-order valence-corrected chi connectivity index (χ0v) is 17.8. The number of amides is 2. The van der Waals surface area contributed by atoms with E-state index in [0.717, 1.165) is 0 Å². The smallest absolute Gasteiger partial charge is 0.326 e. The second kappa shape index (κ2) is 8.69. The Balaban J connectivity index is 1.41. The molecular weight excluding hydrogens is 443 g/mol. The standard InChI is InChI=1S/C22H18Cl2N2O5/c23-15-5-1-3-7-17(15)25-11-9-13(19(25)27)21(29)31-22(30)14-10-12-26(20(14)28)18-8-4-2-6-16(18)24/h1-8,13-14H,9-12H2. The van der Waals surface area contributed by atoms with Crippen molar-refractivity contribution >= 4 is 58.3 Å². The van der Waals surface area contributed by atoms with Crippen molar-refractivity contribution in [3.8, 4) is 0 Å². The molecule has 2 amide bonds. The van der Waals surface area contributed by atoms with E-state index in [1.165, 1.54) is 9.80 Å². The van der Waals surface area contributed by atoms with E-state index in [4.69, 9.17) is 27.9 Å². The molecule has 2 heterocycles. The van der Waals surface area contributed by atoms with Crippen LogP contribution in [0.15, 0.2) is 48.5 Å². The van der Waals surface area contributed by atoms with Crippen molar-refractivity contribution in [3.63, 3.8) is 0 Å². The van der Waals surface area contributed by atoms with Crippen LogP contribution >= 0.6 is 23.2 Å². The van der Waals surface area contributed by atoms with Gasteiger partial charge in [-0.15, -0.1) is 0 Å². The van der Waals surface area contributed by atoms with Crippen LogP contribution in [0.2, 0.25) is 10.0 Å². The van der Waals surface area contributed by atoms with Gasteiger partial charge < -0.3 is 14.5 Å². The molecule has 2 aromatic rings. The molecule has 0 aromatic heterocycles. The average Bonchev–Trinajstić information content (AvgIpc) is 3.31. The van der Waals surface area contributed by atoms with E-state index in [9.17, 15) is 19.2 Å². The van der Waals surface area contributed by atoms with Gasteiger partial charge >= 0.3 is 11.9 Å². The summed E-state index contributed by atoms with van der Waals surface area (Å²) in [6.07, 6.45) is 0.390. The van der Waals surface area contributed by atoms with Crippen LogP contribution in [0.4, 0.5) is 11.4 Å². The van der Waals surface area contributed by atoms with Gasteiger partial charge in [0.25, 0.3) is 0 Å². The summed E-state index contributed by atoms with van der Waals surface area (Å²) in [6, 6.07) is 13.6. The molecule has 0 bridgehead atoms. The summed E-state index contributed by atoms with van der Waals surface area (Å²) in [7, 11) is 0. The Kier molecular flexibility index (Phi) is 5.98. The summed E-state index contributed by atoms with van der Waals surface area (Å²) < 4.78 is 4.95. The van der Waals surface area contributed by atoms with Crippen LogP contribution in [0.3, 0.4) is 0 Å². The predicted molar refractivity (Wildman–Crippen MR) is 115 cm³/mol. The van der Waals surface area contributed by atoms with Gasteiger partial charge in [0.2, 0.25) is 11.8 Å². The summed E-state index contributed by atoms with van der Waals surface area (Å²) in [5.41, 5.74) is 0.995. The van der Waals surface area contributed by atoms with Gasteiger partial charge in [-0.2, -0.15) is 0 Å². The molecule has 2 saturated heterocycles. The second-order valence-electron chi connectivity index (χ2n) is 7.31. The molecule has 2 unspecified atom stereocenters. The molecule has 0 radical (unpaired) electrons. The Hall–Kier alpha value is -2.90. The molecule has 0 N–H and O–H groups in total. The number of carbonyl (C=O) groups excluding carboxylic acids is 4. The van der Waals surface area contributed by atoms with Crippen molar-refractivity contribution in [3.05, 3.63) is 58.6 Å². The maximum atomic E-state index is 12.7. The van der Waals surface area contributed by atoms with Crippen LogP contribution < -0.4 is 9.80 Å². The third-order valence-electron chi connectivity index (χ3n) is 5.47. The number of esters is 2. The van der Waals surface area contributed by atoms with E-state index in [1.807, 2.05) is 0 Å². The van der Waals surface area contributed by atoms with Gasteiger partial charge in [0.05, 0.1) is 21.4 Å². The summed E-state index contributed by atoms with van der Waals surface area (Å²) in [5, 5.41) is 0.773. The number of hydrogen-bond donors (Lipinski definition) is 0. The minimum atomic E-state index is -1.11. The molecule has 160 valence electrons. The van der Waals surface area contributed by atoms with Gasteiger partial charge in [-0.05, 0) is 37.1 Å². The molecule has 7 nitrogen and oxygen atoms in total. The number of hydrogen-bond acceptors (Lipinski definition) is 5. The molecule has 2 fully saturated rings. The lowest BCUT2D eigenvalue weighted by molar-refractivity contribution is -0.166. The Labute approximate surface area is 188 Å². The molecule has 2 atom stereocenters. The van der Waals surface area contributed by atoms with Crippen LogP contribution in [-0.4, -0.2) is 36.8 Å². The van der Waals surface area contributed by atoms with Crippen molar-refractivity contribution in [1.82, 2.24) is 0 Å². The summed E-state index contributed by atoms with van der Waals surface area (Å²) >= 11 is 12.3. The predicted octanol–water partition coefficient (Wildman–Crippen LogP) is 3.47. The van der Waals surface area contributed by atoms with E-state index < -0.39 is 35.6 Å². The minimum Gasteiger partial charge on any atom is -0.392 e. The average molecular weight is 461 g/mol. The van der Waals surface area contributed by atoms with Crippen molar-refractivity contribution in [2.45, 2.75) is 12.8 Å². The molecule has 0 spiro atoms. The molecule has 0 aliphatic carbocycles. The highest BCUT2D eigenvalue weighted by molar-refractivity contribution is 6.34. The zero-order valence-electron chi connectivity index (χ0n) is 16.3. The fourth-order valence-electron chi connectivity index (χ4n) is 3.86. The monoisotopic (exact) mass is 460 g/mol. The van der Waals surface area contributed by atoms with Gasteiger partial charge in [-0.25, -0.2) is 0 Å². The first-order valence-electron chi connectivity index (χ1n) is 9.76. The SMILES string of the molecule is O=C(OC(=O)C1CCN(c2ccccc2Cl)C1=O)C1CCN(c2ccccc2Cl)C1=O. The topological polar surface area (TPSA) is 84.0 Å². The first-order valence-corrected chi connectivity index (χ1v) is 10.5. The normalized spacial score (nSPS) is 21.0. The highest BCUT2D eigenvalue weighted by atomic mass is 35.5. The lowest BCUT2D eigenvalue weighted by Crippen LogP contribution is -2.35. The number of para-hydroxylation sites is 2. The Morgan fingerprint density at radius 2 is 1.13 bits per heavy atom. The van der Waals surface area contributed by atoms with E-state index in [1.54, 1.807) is 48.5 Å². The number of benzene rings is 2. The van der Waals surface area contributed by atoms with Crippen LogP contribution in [0.25, 0.3) is 0 Å². The first-order chi connectivity index (χ1) is 14.9. The number of nitrogens with zero attached hydrogens (tertiary/aromatic N) is 2. The Morgan fingerprint density at radius 3 is 1.52 bits per heavy atom. The van der Waals surface area contributed by atoms with Crippen molar-refractivity contribution in [1.29, 1.82) is 0 Å². The molecule has 4 rings (SSSR count). The van der Waals surface area contributed by atoms with Crippen LogP contribution in [0.5, 0.6) is 0 Å². The molecule has 31 heavy (non-hydrogen) atoms. The minimum absolute atomic E-state index is 0.195. The maximum absolute atomic E-state index is 12.7. The third kappa shape index (κ3) is 4.03. The van der Waals surface area contributed by atoms with Gasteiger partial charge in [0, 0.05) is 13.1 Å². The van der Waals surface area contributed by atoms with Gasteiger partial charge in [-0.3, -0.25) is 19.2 Å². The van der Waals surface area contributed by atoms with Crippen LogP contribution in [0.1, 0.15) is 12.8 Å². The Bertz CT molecular complexity index is 990. The van der Waals surface area contributed by atoms with E-state index >= 15 is 0 Å². The van der Waals surface area contributed by atoms with Crippen molar-refractivity contribution < 1.29 is 23.9 Å². The fourth-order valence-corrected chi connectivity index (χ4v) is 4.33. The quantitative estimate of drug-likeness (QED) is 0.515.